The third-order valence-electron chi connectivity index (χ3n) is 3.15. The molecule has 1 fully saturated rings. The van der Waals surface area contributed by atoms with Gasteiger partial charge in [0.1, 0.15) is 5.82 Å². The summed E-state index contributed by atoms with van der Waals surface area (Å²) in [5.74, 6) is 1.26. The van der Waals surface area contributed by atoms with Crippen LogP contribution in [0, 0.1) is 11.7 Å². The van der Waals surface area contributed by atoms with Crippen LogP contribution in [0.4, 0.5) is 4.39 Å². The van der Waals surface area contributed by atoms with Crippen molar-refractivity contribution in [3.05, 3.63) is 47.4 Å². The maximum atomic E-state index is 13.0. The van der Waals surface area contributed by atoms with Crippen molar-refractivity contribution in [2.24, 2.45) is 11.7 Å². The molecule has 94 valence electrons. The number of rotatable bonds is 4. The molecule has 4 nitrogen and oxygen atoms in total. The fourth-order valence-electron chi connectivity index (χ4n) is 1.96. The van der Waals surface area contributed by atoms with Gasteiger partial charge in [0.2, 0.25) is 5.89 Å². The van der Waals surface area contributed by atoms with Gasteiger partial charge in [0.05, 0.1) is 6.04 Å². The maximum absolute atomic E-state index is 13.0. The van der Waals surface area contributed by atoms with E-state index in [2.05, 4.69) is 10.1 Å². The van der Waals surface area contributed by atoms with E-state index in [1.165, 1.54) is 12.1 Å². The second-order valence-electron chi connectivity index (χ2n) is 4.72. The van der Waals surface area contributed by atoms with Crippen LogP contribution in [0.15, 0.2) is 28.8 Å². The molecule has 0 bridgehead atoms. The molecular formula is C13H14FN3O. The molecule has 3 rings (SSSR count). The first-order chi connectivity index (χ1) is 8.72. The zero-order valence-corrected chi connectivity index (χ0v) is 9.84. The molecule has 0 amide bonds. The van der Waals surface area contributed by atoms with Crippen LogP contribution in [-0.4, -0.2) is 10.1 Å². The molecule has 0 aliphatic heterocycles. The number of benzene rings is 1. The monoisotopic (exact) mass is 247 g/mol. The lowest BCUT2D eigenvalue weighted by atomic mass is 10.1. The van der Waals surface area contributed by atoms with Gasteiger partial charge in [-0.25, -0.2) is 4.39 Å². The van der Waals surface area contributed by atoms with Crippen LogP contribution in [-0.2, 0) is 6.42 Å². The predicted molar refractivity (Wildman–Crippen MR) is 63.2 cm³/mol. The number of hydrogen-bond donors (Lipinski definition) is 1. The van der Waals surface area contributed by atoms with Crippen molar-refractivity contribution < 1.29 is 8.91 Å². The summed E-state index contributed by atoms with van der Waals surface area (Å²) in [6, 6.07) is 6.23. The first-order valence-electron chi connectivity index (χ1n) is 6.05. The summed E-state index contributed by atoms with van der Waals surface area (Å²) in [6.07, 6.45) is 2.71. The van der Waals surface area contributed by atoms with E-state index in [0.717, 1.165) is 18.4 Å². The van der Waals surface area contributed by atoms with Gasteiger partial charge >= 0.3 is 0 Å². The Morgan fingerprint density at radius 3 is 3.00 bits per heavy atom. The van der Waals surface area contributed by atoms with Crippen molar-refractivity contribution in [3.63, 3.8) is 0 Å². The first kappa shape index (κ1) is 11.3. The summed E-state index contributed by atoms with van der Waals surface area (Å²) >= 11 is 0. The van der Waals surface area contributed by atoms with Crippen LogP contribution in [0.3, 0.4) is 0 Å². The van der Waals surface area contributed by atoms with Crippen molar-refractivity contribution in [2.45, 2.75) is 25.3 Å². The summed E-state index contributed by atoms with van der Waals surface area (Å²) in [4.78, 5) is 4.27. The van der Waals surface area contributed by atoms with E-state index in [4.69, 9.17) is 10.3 Å². The van der Waals surface area contributed by atoms with Gasteiger partial charge in [-0.3, -0.25) is 0 Å². The second kappa shape index (κ2) is 4.49. The molecule has 1 unspecified atom stereocenters. The highest BCUT2D eigenvalue weighted by atomic mass is 19.1. The van der Waals surface area contributed by atoms with Gasteiger partial charge in [0.15, 0.2) is 5.82 Å². The zero-order chi connectivity index (χ0) is 12.5. The van der Waals surface area contributed by atoms with Gasteiger partial charge in [-0.05, 0) is 36.5 Å². The lowest BCUT2D eigenvalue weighted by molar-refractivity contribution is 0.340. The largest absolute Gasteiger partial charge is 0.338 e. The summed E-state index contributed by atoms with van der Waals surface area (Å²) in [6.45, 7) is 0. The van der Waals surface area contributed by atoms with Crippen molar-refractivity contribution in [1.82, 2.24) is 10.1 Å². The smallest absolute Gasteiger partial charge is 0.243 e. The van der Waals surface area contributed by atoms with Crippen LogP contribution >= 0.6 is 0 Å². The summed E-state index contributed by atoms with van der Waals surface area (Å²) in [5, 5.41) is 3.88. The molecule has 18 heavy (non-hydrogen) atoms. The highest BCUT2D eigenvalue weighted by molar-refractivity contribution is 5.19. The van der Waals surface area contributed by atoms with E-state index in [0.29, 0.717) is 24.1 Å². The Morgan fingerprint density at radius 2 is 2.28 bits per heavy atom. The number of aromatic nitrogens is 2. The molecule has 5 heteroatoms. The van der Waals surface area contributed by atoms with Crippen molar-refractivity contribution >= 4 is 0 Å². The van der Waals surface area contributed by atoms with Gasteiger partial charge in [-0.2, -0.15) is 4.98 Å². The van der Waals surface area contributed by atoms with E-state index in [9.17, 15) is 4.39 Å². The molecule has 0 spiro atoms. The van der Waals surface area contributed by atoms with Crippen LogP contribution in [0.2, 0.25) is 0 Å². The van der Waals surface area contributed by atoms with E-state index in [-0.39, 0.29) is 11.9 Å². The Morgan fingerprint density at radius 1 is 1.44 bits per heavy atom. The summed E-state index contributed by atoms with van der Waals surface area (Å²) in [5.41, 5.74) is 6.80. The average Bonchev–Trinajstić information content (AvgIpc) is 3.09. The Labute approximate surface area is 104 Å². The van der Waals surface area contributed by atoms with Gasteiger partial charge in [0.25, 0.3) is 0 Å². The SMILES string of the molecule is NC(c1nc(Cc2cccc(F)c2)no1)C1CC1. The lowest BCUT2D eigenvalue weighted by Gasteiger charge is -2.01. The molecule has 1 heterocycles. The normalized spacial score (nSPS) is 16.8. The Hall–Kier alpha value is -1.75. The molecule has 2 aromatic rings. The standard InChI is InChI=1S/C13H14FN3O/c14-10-3-1-2-8(6-10)7-11-16-13(18-17-11)12(15)9-4-5-9/h1-3,6,9,12H,4-5,7,15H2. The Bertz CT molecular complexity index is 551. The van der Waals surface area contributed by atoms with Crippen LogP contribution < -0.4 is 5.73 Å². The minimum absolute atomic E-state index is 0.154. The fraction of sp³-hybridized carbons (Fsp3) is 0.385. The third kappa shape index (κ3) is 2.41. The van der Waals surface area contributed by atoms with Gasteiger partial charge < -0.3 is 10.3 Å². The predicted octanol–water partition coefficient (Wildman–Crippen LogP) is 2.21. The molecule has 1 aromatic heterocycles. The molecule has 1 aromatic carbocycles. The summed E-state index contributed by atoms with van der Waals surface area (Å²) < 4.78 is 18.2. The number of nitrogens with zero attached hydrogens (tertiary/aromatic N) is 2. The molecule has 2 N–H and O–H groups in total. The second-order valence-corrected chi connectivity index (χ2v) is 4.72. The highest BCUT2D eigenvalue weighted by Gasteiger charge is 2.33. The van der Waals surface area contributed by atoms with E-state index in [1.807, 2.05) is 6.07 Å². The Kier molecular flexibility index (Phi) is 2.83. The van der Waals surface area contributed by atoms with Gasteiger partial charge in [-0.15, -0.1) is 0 Å². The summed E-state index contributed by atoms with van der Waals surface area (Å²) in [7, 11) is 0. The Balaban J connectivity index is 1.73. The zero-order valence-electron chi connectivity index (χ0n) is 9.84. The molecular weight excluding hydrogens is 233 g/mol. The van der Waals surface area contributed by atoms with Crippen molar-refractivity contribution in [1.29, 1.82) is 0 Å². The highest BCUT2D eigenvalue weighted by Crippen LogP contribution is 2.38. The van der Waals surface area contributed by atoms with E-state index in [1.54, 1.807) is 6.07 Å². The molecule has 1 saturated carbocycles. The molecule has 1 aliphatic rings. The maximum Gasteiger partial charge on any atom is 0.243 e. The van der Waals surface area contributed by atoms with Crippen LogP contribution in [0.25, 0.3) is 0 Å². The average molecular weight is 247 g/mol. The minimum atomic E-state index is -0.258. The number of halogens is 1. The van der Waals surface area contributed by atoms with Crippen LogP contribution in [0.1, 0.15) is 36.2 Å². The lowest BCUT2D eigenvalue weighted by Crippen LogP contribution is -2.12. The van der Waals surface area contributed by atoms with E-state index >= 15 is 0 Å². The molecule has 0 saturated heterocycles. The molecule has 0 radical (unpaired) electrons. The molecule has 1 atom stereocenters. The van der Waals surface area contributed by atoms with Gasteiger partial charge in [-0.1, -0.05) is 17.3 Å². The van der Waals surface area contributed by atoms with Crippen LogP contribution in [0.5, 0.6) is 0 Å². The van der Waals surface area contributed by atoms with E-state index < -0.39 is 0 Å². The first-order valence-corrected chi connectivity index (χ1v) is 6.05. The topological polar surface area (TPSA) is 64.9 Å². The third-order valence-corrected chi connectivity index (χ3v) is 3.15. The van der Waals surface area contributed by atoms with Crippen molar-refractivity contribution in [2.75, 3.05) is 0 Å². The fourth-order valence-corrected chi connectivity index (χ4v) is 1.96. The van der Waals surface area contributed by atoms with Crippen molar-refractivity contribution in [3.8, 4) is 0 Å². The quantitative estimate of drug-likeness (QED) is 0.899. The minimum Gasteiger partial charge on any atom is -0.338 e. The molecule has 1 aliphatic carbocycles. The van der Waals surface area contributed by atoms with Gasteiger partial charge in [0, 0.05) is 6.42 Å². The number of nitrogens with two attached hydrogens (primary N) is 1. The number of hydrogen-bond acceptors (Lipinski definition) is 4.